The number of nitrogens with one attached hydrogen (secondary N) is 1. The van der Waals surface area contributed by atoms with Crippen LogP contribution in [0.3, 0.4) is 0 Å². The van der Waals surface area contributed by atoms with E-state index in [4.69, 9.17) is 15.7 Å². The molecule has 6 heteroatoms. The molecule has 1 aliphatic carbocycles. The second kappa shape index (κ2) is 7.72. The van der Waals surface area contributed by atoms with Crippen LogP contribution in [0, 0.1) is 11.3 Å². The van der Waals surface area contributed by atoms with Gasteiger partial charge in [0.1, 0.15) is 11.8 Å². The third kappa shape index (κ3) is 4.81. The summed E-state index contributed by atoms with van der Waals surface area (Å²) in [5.74, 6) is -0.256. The van der Waals surface area contributed by atoms with Gasteiger partial charge in [0.15, 0.2) is 0 Å². The summed E-state index contributed by atoms with van der Waals surface area (Å²) in [5, 5.41) is 11.4. The molecule has 1 amide bonds. The first kappa shape index (κ1) is 15.4. The van der Waals surface area contributed by atoms with E-state index in [9.17, 15) is 4.79 Å². The SMILES string of the molecule is N#Cc1ccc(C(=O)NCCOC2CCC(N)CC2)nc1. The van der Waals surface area contributed by atoms with Gasteiger partial charge in [0.25, 0.3) is 5.91 Å². The van der Waals surface area contributed by atoms with Crippen molar-refractivity contribution in [1.29, 1.82) is 5.26 Å². The smallest absolute Gasteiger partial charge is 0.269 e. The van der Waals surface area contributed by atoms with E-state index in [1.165, 1.54) is 12.3 Å². The Morgan fingerprint density at radius 3 is 2.81 bits per heavy atom. The summed E-state index contributed by atoms with van der Waals surface area (Å²) in [6, 6.07) is 5.39. The lowest BCUT2D eigenvalue weighted by atomic mass is 9.94. The summed E-state index contributed by atoms with van der Waals surface area (Å²) < 4.78 is 5.72. The molecule has 0 aliphatic heterocycles. The molecule has 0 unspecified atom stereocenters. The second-order valence-corrected chi connectivity index (χ2v) is 5.21. The standard InChI is InChI=1S/C15H20N4O2/c16-9-11-1-6-14(19-10-11)15(20)18-7-8-21-13-4-2-12(17)3-5-13/h1,6,10,12-13H,2-5,7-8,17H2,(H,18,20). The molecule has 2 rings (SSSR count). The molecule has 1 aromatic heterocycles. The topological polar surface area (TPSA) is 101 Å². The summed E-state index contributed by atoms with van der Waals surface area (Å²) in [6.07, 6.45) is 5.64. The molecule has 1 aliphatic rings. The fourth-order valence-electron chi connectivity index (χ4n) is 2.33. The van der Waals surface area contributed by atoms with Crippen LogP contribution in [-0.2, 0) is 4.74 Å². The van der Waals surface area contributed by atoms with Gasteiger partial charge in [0.2, 0.25) is 0 Å². The van der Waals surface area contributed by atoms with Gasteiger partial charge in [-0.1, -0.05) is 0 Å². The number of rotatable bonds is 5. The molecule has 3 N–H and O–H groups in total. The number of carbonyl (C=O) groups excluding carboxylic acids is 1. The Bertz CT molecular complexity index is 501. The lowest BCUT2D eigenvalue weighted by molar-refractivity contribution is 0.0267. The van der Waals surface area contributed by atoms with Gasteiger partial charge in [0, 0.05) is 18.8 Å². The molecular formula is C15H20N4O2. The Hall–Kier alpha value is -1.97. The van der Waals surface area contributed by atoms with Crippen molar-refractivity contribution in [3.8, 4) is 6.07 Å². The number of nitrogens with zero attached hydrogens (tertiary/aromatic N) is 2. The van der Waals surface area contributed by atoms with Gasteiger partial charge in [-0.3, -0.25) is 4.79 Å². The minimum atomic E-state index is -0.256. The minimum absolute atomic E-state index is 0.256. The van der Waals surface area contributed by atoms with Gasteiger partial charge < -0.3 is 15.8 Å². The summed E-state index contributed by atoms with van der Waals surface area (Å²) >= 11 is 0. The number of hydrogen-bond donors (Lipinski definition) is 2. The highest BCUT2D eigenvalue weighted by Gasteiger charge is 2.18. The van der Waals surface area contributed by atoms with Crippen LogP contribution in [0.1, 0.15) is 41.7 Å². The number of nitriles is 1. The van der Waals surface area contributed by atoms with Crippen molar-refractivity contribution < 1.29 is 9.53 Å². The fourth-order valence-corrected chi connectivity index (χ4v) is 2.33. The van der Waals surface area contributed by atoms with Crippen molar-refractivity contribution in [3.05, 3.63) is 29.6 Å². The van der Waals surface area contributed by atoms with Crippen molar-refractivity contribution in [2.45, 2.75) is 37.8 Å². The zero-order chi connectivity index (χ0) is 15.1. The van der Waals surface area contributed by atoms with Gasteiger partial charge in [-0.2, -0.15) is 5.26 Å². The first-order valence-corrected chi connectivity index (χ1v) is 7.20. The average molecular weight is 288 g/mol. The predicted molar refractivity (Wildman–Crippen MR) is 77.5 cm³/mol. The molecule has 0 bridgehead atoms. The monoisotopic (exact) mass is 288 g/mol. The number of carbonyl (C=O) groups is 1. The largest absolute Gasteiger partial charge is 0.376 e. The Balaban J connectivity index is 1.66. The molecule has 1 saturated carbocycles. The van der Waals surface area contributed by atoms with Gasteiger partial charge in [0.05, 0.1) is 18.3 Å². The normalized spacial score (nSPS) is 21.5. The van der Waals surface area contributed by atoms with Crippen LogP contribution in [0.15, 0.2) is 18.3 Å². The van der Waals surface area contributed by atoms with E-state index in [0.717, 1.165) is 25.7 Å². The van der Waals surface area contributed by atoms with E-state index in [1.807, 2.05) is 6.07 Å². The Kier molecular flexibility index (Phi) is 5.67. The van der Waals surface area contributed by atoms with Crippen molar-refractivity contribution in [2.24, 2.45) is 5.73 Å². The summed E-state index contributed by atoms with van der Waals surface area (Å²) in [4.78, 5) is 15.7. The Labute approximate surface area is 124 Å². The minimum Gasteiger partial charge on any atom is -0.376 e. The first-order valence-electron chi connectivity index (χ1n) is 7.20. The molecule has 21 heavy (non-hydrogen) atoms. The van der Waals surface area contributed by atoms with Crippen LogP contribution in [0.25, 0.3) is 0 Å². The van der Waals surface area contributed by atoms with Crippen molar-refractivity contribution in [1.82, 2.24) is 10.3 Å². The molecule has 0 aromatic carbocycles. The zero-order valence-corrected chi connectivity index (χ0v) is 11.9. The molecule has 0 atom stereocenters. The van der Waals surface area contributed by atoms with Gasteiger partial charge in [-0.25, -0.2) is 4.98 Å². The number of ether oxygens (including phenoxy) is 1. The maximum atomic E-state index is 11.8. The molecule has 0 spiro atoms. The molecule has 0 saturated heterocycles. The number of nitrogens with two attached hydrogens (primary N) is 1. The van der Waals surface area contributed by atoms with Crippen LogP contribution < -0.4 is 11.1 Å². The van der Waals surface area contributed by atoms with Gasteiger partial charge in [-0.15, -0.1) is 0 Å². The number of aromatic nitrogens is 1. The average Bonchev–Trinajstić information content (AvgIpc) is 2.53. The highest BCUT2D eigenvalue weighted by Crippen LogP contribution is 2.19. The number of amides is 1. The molecule has 0 radical (unpaired) electrons. The van der Waals surface area contributed by atoms with Crippen molar-refractivity contribution in [2.75, 3.05) is 13.2 Å². The Morgan fingerprint density at radius 2 is 2.19 bits per heavy atom. The van der Waals surface area contributed by atoms with E-state index in [-0.39, 0.29) is 12.0 Å². The van der Waals surface area contributed by atoms with Gasteiger partial charge in [-0.05, 0) is 37.8 Å². The molecule has 6 nitrogen and oxygen atoms in total. The quantitative estimate of drug-likeness (QED) is 0.786. The second-order valence-electron chi connectivity index (χ2n) is 5.21. The van der Waals surface area contributed by atoms with Gasteiger partial charge >= 0.3 is 0 Å². The third-order valence-corrected chi connectivity index (χ3v) is 3.59. The first-order chi connectivity index (χ1) is 10.2. The fraction of sp³-hybridized carbons (Fsp3) is 0.533. The van der Waals surface area contributed by atoms with Crippen molar-refractivity contribution >= 4 is 5.91 Å². The molecule has 1 heterocycles. The van der Waals surface area contributed by atoms with Crippen LogP contribution >= 0.6 is 0 Å². The lowest BCUT2D eigenvalue weighted by Crippen LogP contribution is -2.33. The van der Waals surface area contributed by atoms with E-state index < -0.39 is 0 Å². The van der Waals surface area contributed by atoms with Crippen molar-refractivity contribution in [3.63, 3.8) is 0 Å². The van der Waals surface area contributed by atoms with E-state index in [1.54, 1.807) is 6.07 Å². The van der Waals surface area contributed by atoms with E-state index in [2.05, 4.69) is 10.3 Å². The zero-order valence-electron chi connectivity index (χ0n) is 11.9. The molecule has 1 aromatic rings. The van der Waals surface area contributed by atoms with E-state index in [0.29, 0.717) is 30.5 Å². The van der Waals surface area contributed by atoms with Crippen LogP contribution in [0.2, 0.25) is 0 Å². The van der Waals surface area contributed by atoms with Crippen LogP contribution in [-0.4, -0.2) is 36.2 Å². The number of hydrogen-bond acceptors (Lipinski definition) is 5. The summed E-state index contributed by atoms with van der Waals surface area (Å²) in [6.45, 7) is 0.936. The molecule has 112 valence electrons. The maximum Gasteiger partial charge on any atom is 0.269 e. The predicted octanol–water partition coefficient (Wildman–Crippen LogP) is 0.970. The highest BCUT2D eigenvalue weighted by atomic mass is 16.5. The van der Waals surface area contributed by atoms with E-state index >= 15 is 0 Å². The summed E-state index contributed by atoms with van der Waals surface area (Å²) in [5.41, 5.74) is 6.58. The van der Waals surface area contributed by atoms with Crippen LogP contribution in [0.5, 0.6) is 0 Å². The summed E-state index contributed by atoms with van der Waals surface area (Å²) in [7, 11) is 0. The lowest BCUT2D eigenvalue weighted by Gasteiger charge is -2.26. The molecule has 1 fully saturated rings. The highest BCUT2D eigenvalue weighted by molar-refractivity contribution is 5.92. The Morgan fingerprint density at radius 1 is 1.43 bits per heavy atom. The number of pyridine rings is 1. The van der Waals surface area contributed by atoms with Crippen LogP contribution in [0.4, 0.5) is 0 Å². The molecular weight excluding hydrogens is 268 g/mol. The third-order valence-electron chi connectivity index (χ3n) is 3.59. The maximum absolute atomic E-state index is 11.8.